The van der Waals surface area contributed by atoms with Crippen LogP contribution < -0.4 is 5.32 Å². The Bertz CT molecular complexity index is 786. The lowest BCUT2D eigenvalue weighted by Crippen LogP contribution is -2.36. The summed E-state index contributed by atoms with van der Waals surface area (Å²) < 4.78 is 14.8. The van der Waals surface area contributed by atoms with E-state index >= 15 is 0 Å². The van der Waals surface area contributed by atoms with E-state index < -0.39 is 0 Å². The second-order valence-corrected chi connectivity index (χ2v) is 7.25. The van der Waals surface area contributed by atoms with Gasteiger partial charge in [0.05, 0.1) is 23.6 Å². The number of nitrogens with zero attached hydrogens (tertiary/aromatic N) is 4. The van der Waals surface area contributed by atoms with Gasteiger partial charge in [-0.05, 0) is 51.1 Å². The number of amides is 1. The third-order valence-corrected chi connectivity index (χ3v) is 5.14. The normalized spacial score (nSPS) is 16.3. The molecule has 0 aliphatic carbocycles. The first-order valence-electron chi connectivity index (χ1n) is 9.41. The molecule has 1 saturated heterocycles. The van der Waals surface area contributed by atoms with Crippen LogP contribution >= 0.6 is 0 Å². The van der Waals surface area contributed by atoms with Crippen LogP contribution in [0.2, 0.25) is 0 Å². The highest BCUT2D eigenvalue weighted by Gasteiger charge is 2.19. The number of hydrogen-bond donors (Lipinski definition) is 1. The Kier molecular flexibility index (Phi) is 6.23. The SMILES string of the molecule is Cc1nn(C)c(C)c1NC(=O)CN1CCCN(Cc2ccc(F)cc2)CC1. The zero-order chi connectivity index (χ0) is 19.4. The molecule has 0 spiro atoms. The summed E-state index contributed by atoms with van der Waals surface area (Å²) in [6.07, 6.45) is 1.01. The predicted octanol–water partition coefficient (Wildman–Crippen LogP) is 2.32. The van der Waals surface area contributed by atoms with Gasteiger partial charge in [0.15, 0.2) is 0 Å². The fraction of sp³-hybridized carbons (Fsp3) is 0.500. The van der Waals surface area contributed by atoms with Crippen molar-refractivity contribution in [2.45, 2.75) is 26.8 Å². The molecule has 6 nitrogen and oxygen atoms in total. The van der Waals surface area contributed by atoms with E-state index in [-0.39, 0.29) is 11.7 Å². The van der Waals surface area contributed by atoms with Gasteiger partial charge in [-0.3, -0.25) is 19.3 Å². The van der Waals surface area contributed by atoms with Crippen LogP contribution in [0.5, 0.6) is 0 Å². The minimum Gasteiger partial charge on any atom is -0.322 e. The fourth-order valence-corrected chi connectivity index (χ4v) is 3.53. The van der Waals surface area contributed by atoms with Crippen LogP contribution in [0, 0.1) is 19.7 Å². The molecule has 0 saturated carbocycles. The van der Waals surface area contributed by atoms with Crippen LogP contribution in [-0.4, -0.2) is 58.2 Å². The van der Waals surface area contributed by atoms with Gasteiger partial charge in [0.2, 0.25) is 5.91 Å². The third-order valence-electron chi connectivity index (χ3n) is 5.14. The van der Waals surface area contributed by atoms with Gasteiger partial charge in [0.1, 0.15) is 5.82 Å². The first-order valence-corrected chi connectivity index (χ1v) is 9.41. The van der Waals surface area contributed by atoms with Crippen molar-refractivity contribution in [2.75, 3.05) is 38.0 Å². The van der Waals surface area contributed by atoms with Crippen LogP contribution in [0.3, 0.4) is 0 Å². The van der Waals surface area contributed by atoms with Gasteiger partial charge >= 0.3 is 0 Å². The van der Waals surface area contributed by atoms with E-state index in [1.54, 1.807) is 4.68 Å². The summed E-state index contributed by atoms with van der Waals surface area (Å²) in [5.74, 6) is -0.202. The smallest absolute Gasteiger partial charge is 0.238 e. The van der Waals surface area contributed by atoms with E-state index in [0.29, 0.717) is 6.54 Å². The largest absolute Gasteiger partial charge is 0.322 e. The van der Waals surface area contributed by atoms with E-state index in [9.17, 15) is 9.18 Å². The molecule has 2 heterocycles. The summed E-state index contributed by atoms with van der Waals surface area (Å²) in [5, 5.41) is 7.35. The lowest BCUT2D eigenvalue weighted by Gasteiger charge is -2.21. The molecule has 0 atom stereocenters. The molecular weight excluding hydrogens is 345 g/mol. The summed E-state index contributed by atoms with van der Waals surface area (Å²) in [6.45, 7) is 8.69. The Morgan fingerprint density at radius 1 is 1.11 bits per heavy atom. The van der Waals surface area contributed by atoms with Crippen molar-refractivity contribution < 1.29 is 9.18 Å². The Hall–Kier alpha value is -2.25. The maximum atomic E-state index is 13.0. The van der Waals surface area contributed by atoms with Gasteiger partial charge in [-0.1, -0.05) is 12.1 Å². The summed E-state index contributed by atoms with van der Waals surface area (Å²) in [7, 11) is 1.88. The Balaban J connectivity index is 1.50. The molecule has 2 aromatic rings. The van der Waals surface area contributed by atoms with Crippen molar-refractivity contribution in [3.63, 3.8) is 0 Å². The summed E-state index contributed by atoms with van der Waals surface area (Å²) in [6, 6.07) is 6.69. The molecule has 0 unspecified atom stereocenters. The standard InChI is InChI=1S/C20H28FN5O/c1-15-20(16(2)24(3)23-15)22-19(27)14-26-10-4-9-25(11-12-26)13-17-5-7-18(21)8-6-17/h5-8H,4,9-14H2,1-3H3,(H,22,27). The highest BCUT2D eigenvalue weighted by Crippen LogP contribution is 2.18. The number of hydrogen-bond acceptors (Lipinski definition) is 4. The van der Waals surface area contributed by atoms with Gasteiger partial charge in [0.25, 0.3) is 0 Å². The van der Waals surface area contributed by atoms with Crippen LogP contribution in [0.4, 0.5) is 10.1 Å². The molecule has 1 aromatic carbocycles. The minimum atomic E-state index is -0.203. The third kappa shape index (κ3) is 5.14. The number of nitrogens with one attached hydrogen (secondary N) is 1. The molecule has 1 aliphatic rings. The van der Waals surface area contributed by atoms with E-state index in [1.807, 2.05) is 33.0 Å². The molecular formula is C20H28FN5O. The van der Waals surface area contributed by atoms with E-state index in [0.717, 1.165) is 61.8 Å². The van der Waals surface area contributed by atoms with Crippen molar-refractivity contribution in [1.82, 2.24) is 19.6 Å². The lowest BCUT2D eigenvalue weighted by molar-refractivity contribution is -0.117. The second kappa shape index (κ2) is 8.63. The molecule has 1 aromatic heterocycles. The molecule has 1 fully saturated rings. The van der Waals surface area contributed by atoms with Gasteiger partial charge in [-0.2, -0.15) is 5.10 Å². The molecule has 1 N–H and O–H groups in total. The molecule has 1 amide bonds. The van der Waals surface area contributed by atoms with Crippen molar-refractivity contribution in [1.29, 1.82) is 0 Å². The zero-order valence-corrected chi connectivity index (χ0v) is 16.3. The number of aromatic nitrogens is 2. The second-order valence-electron chi connectivity index (χ2n) is 7.25. The van der Waals surface area contributed by atoms with Gasteiger partial charge in [0, 0.05) is 26.7 Å². The highest BCUT2D eigenvalue weighted by atomic mass is 19.1. The number of carbonyl (C=O) groups excluding carboxylic acids is 1. The number of benzene rings is 1. The van der Waals surface area contributed by atoms with Crippen LogP contribution in [0.25, 0.3) is 0 Å². The predicted molar refractivity (Wildman–Crippen MR) is 104 cm³/mol. The first-order chi connectivity index (χ1) is 12.9. The lowest BCUT2D eigenvalue weighted by atomic mass is 10.2. The van der Waals surface area contributed by atoms with Gasteiger partial charge < -0.3 is 5.32 Å². The maximum Gasteiger partial charge on any atom is 0.238 e. The van der Waals surface area contributed by atoms with Gasteiger partial charge in [-0.25, -0.2) is 4.39 Å². The van der Waals surface area contributed by atoms with Crippen molar-refractivity contribution in [2.24, 2.45) is 7.05 Å². The van der Waals surface area contributed by atoms with Crippen molar-refractivity contribution >= 4 is 11.6 Å². The Morgan fingerprint density at radius 3 is 2.44 bits per heavy atom. The van der Waals surface area contributed by atoms with Gasteiger partial charge in [-0.15, -0.1) is 0 Å². The molecule has 7 heteroatoms. The van der Waals surface area contributed by atoms with Crippen LogP contribution in [-0.2, 0) is 18.4 Å². The average molecular weight is 373 g/mol. The Labute approximate surface area is 160 Å². The summed E-state index contributed by atoms with van der Waals surface area (Å²) >= 11 is 0. The molecule has 27 heavy (non-hydrogen) atoms. The number of rotatable bonds is 5. The topological polar surface area (TPSA) is 53.4 Å². The molecule has 0 bridgehead atoms. The first kappa shape index (κ1) is 19.5. The number of halogens is 1. The minimum absolute atomic E-state index is 0.00110. The molecule has 0 radical (unpaired) electrons. The molecule has 146 valence electrons. The average Bonchev–Trinajstić information content (AvgIpc) is 2.79. The zero-order valence-electron chi connectivity index (χ0n) is 16.3. The van der Waals surface area contributed by atoms with E-state index in [4.69, 9.17) is 0 Å². The number of anilines is 1. The highest BCUT2D eigenvalue weighted by molar-refractivity contribution is 5.93. The number of aryl methyl sites for hydroxylation is 2. The maximum absolute atomic E-state index is 13.0. The van der Waals surface area contributed by atoms with Crippen LogP contribution in [0.15, 0.2) is 24.3 Å². The summed E-state index contributed by atoms with van der Waals surface area (Å²) in [5.41, 5.74) is 3.73. The molecule has 3 rings (SSSR count). The number of carbonyl (C=O) groups is 1. The Morgan fingerprint density at radius 2 is 1.78 bits per heavy atom. The molecule has 1 aliphatic heterocycles. The summed E-state index contributed by atoms with van der Waals surface area (Å²) in [4.78, 5) is 17.0. The fourth-order valence-electron chi connectivity index (χ4n) is 3.53. The van der Waals surface area contributed by atoms with Crippen molar-refractivity contribution in [3.05, 3.63) is 47.0 Å². The van der Waals surface area contributed by atoms with E-state index in [1.165, 1.54) is 12.1 Å². The van der Waals surface area contributed by atoms with Crippen LogP contribution in [0.1, 0.15) is 23.4 Å². The quantitative estimate of drug-likeness (QED) is 0.874. The monoisotopic (exact) mass is 373 g/mol. The van der Waals surface area contributed by atoms with Crippen molar-refractivity contribution in [3.8, 4) is 0 Å². The van der Waals surface area contributed by atoms with E-state index in [2.05, 4.69) is 20.2 Å².